The van der Waals surface area contributed by atoms with Crippen LogP contribution < -0.4 is 10.2 Å². The lowest BCUT2D eigenvalue weighted by atomic mass is 10.1. The first kappa shape index (κ1) is 13.9. The maximum atomic E-state index is 12.2. The van der Waals surface area contributed by atoms with E-state index in [0.717, 1.165) is 54.8 Å². The number of amides is 1. The van der Waals surface area contributed by atoms with Crippen LogP contribution in [0.25, 0.3) is 10.2 Å². The number of carbonyl (C=O) groups excluding carboxylic acids is 1. The molecule has 116 valence electrons. The van der Waals surface area contributed by atoms with Crippen molar-refractivity contribution in [3.05, 3.63) is 17.3 Å². The van der Waals surface area contributed by atoms with Crippen LogP contribution in [0.1, 0.15) is 31.1 Å². The number of thiophene rings is 1. The Kier molecular flexibility index (Phi) is 3.48. The highest BCUT2D eigenvalue weighted by Gasteiger charge is 2.33. The van der Waals surface area contributed by atoms with Gasteiger partial charge < -0.3 is 10.2 Å². The van der Waals surface area contributed by atoms with Crippen molar-refractivity contribution in [1.29, 1.82) is 0 Å². The molecular weight excluding hydrogens is 296 g/mol. The molecule has 3 heterocycles. The second-order valence-electron chi connectivity index (χ2n) is 6.20. The summed E-state index contributed by atoms with van der Waals surface area (Å²) in [7, 11) is 0. The zero-order valence-corrected chi connectivity index (χ0v) is 13.5. The highest BCUT2D eigenvalue weighted by Crippen LogP contribution is 2.33. The molecule has 1 saturated heterocycles. The molecule has 4 rings (SSSR count). The number of anilines is 1. The first-order chi connectivity index (χ1) is 10.7. The number of hydrogen-bond acceptors (Lipinski definition) is 5. The Morgan fingerprint density at radius 1 is 1.41 bits per heavy atom. The first-order valence-electron chi connectivity index (χ1n) is 8.03. The van der Waals surface area contributed by atoms with Crippen LogP contribution in [0.15, 0.2) is 12.4 Å². The van der Waals surface area contributed by atoms with Crippen LogP contribution in [0.3, 0.4) is 0 Å². The molecule has 0 radical (unpaired) electrons. The summed E-state index contributed by atoms with van der Waals surface area (Å²) in [5, 5.41) is 4.25. The second kappa shape index (κ2) is 5.50. The molecule has 5 nitrogen and oxygen atoms in total. The monoisotopic (exact) mass is 316 g/mol. The number of rotatable bonds is 4. The van der Waals surface area contributed by atoms with Gasteiger partial charge in [-0.05, 0) is 31.7 Å². The van der Waals surface area contributed by atoms with Gasteiger partial charge in [0.05, 0.1) is 11.3 Å². The number of aryl methyl sites for hydroxylation is 1. The summed E-state index contributed by atoms with van der Waals surface area (Å²) in [6.07, 6.45) is 5.86. The first-order valence-corrected chi connectivity index (χ1v) is 8.85. The molecule has 0 bridgehead atoms. The van der Waals surface area contributed by atoms with Crippen molar-refractivity contribution in [3.8, 4) is 0 Å². The van der Waals surface area contributed by atoms with E-state index in [-0.39, 0.29) is 11.8 Å². The average molecular weight is 316 g/mol. The van der Waals surface area contributed by atoms with E-state index in [0.29, 0.717) is 6.04 Å². The third-order valence-corrected chi connectivity index (χ3v) is 5.68. The van der Waals surface area contributed by atoms with Gasteiger partial charge in [-0.1, -0.05) is 6.92 Å². The van der Waals surface area contributed by atoms with Gasteiger partial charge in [0.1, 0.15) is 17.0 Å². The van der Waals surface area contributed by atoms with Gasteiger partial charge in [-0.2, -0.15) is 0 Å². The summed E-state index contributed by atoms with van der Waals surface area (Å²) in [5.41, 5.74) is 0. The largest absolute Gasteiger partial charge is 0.355 e. The number of fused-ring (bicyclic) bond motifs is 1. The molecule has 1 N–H and O–H groups in total. The Labute approximate surface area is 133 Å². The Bertz CT molecular complexity index is 709. The number of aromatic nitrogens is 2. The van der Waals surface area contributed by atoms with Gasteiger partial charge in [-0.25, -0.2) is 9.97 Å². The van der Waals surface area contributed by atoms with Gasteiger partial charge >= 0.3 is 0 Å². The Morgan fingerprint density at radius 3 is 3.05 bits per heavy atom. The van der Waals surface area contributed by atoms with Crippen LogP contribution >= 0.6 is 11.3 Å². The summed E-state index contributed by atoms with van der Waals surface area (Å²) in [4.78, 5) is 25.7. The predicted molar refractivity (Wildman–Crippen MR) is 88.3 cm³/mol. The molecule has 22 heavy (non-hydrogen) atoms. The smallest absolute Gasteiger partial charge is 0.225 e. The van der Waals surface area contributed by atoms with Crippen molar-refractivity contribution in [1.82, 2.24) is 15.3 Å². The molecule has 0 spiro atoms. The Hall–Kier alpha value is -1.69. The minimum Gasteiger partial charge on any atom is -0.355 e. The fraction of sp³-hybridized carbons (Fsp3) is 0.562. The highest BCUT2D eigenvalue weighted by atomic mass is 32.1. The molecule has 2 aromatic rings. The molecular formula is C16H20N4OS. The quantitative estimate of drug-likeness (QED) is 0.941. The molecule has 2 aromatic heterocycles. The lowest BCUT2D eigenvalue weighted by Crippen LogP contribution is -2.34. The Morgan fingerprint density at radius 2 is 2.27 bits per heavy atom. The summed E-state index contributed by atoms with van der Waals surface area (Å²) < 4.78 is 0. The lowest BCUT2D eigenvalue weighted by Gasteiger charge is -2.18. The highest BCUT2D eigenvalue weighted by molar-refractivity contribution is 7.18. The van der Waals surface area contributed by atoms with E-state index < -0.39 is 0 Å². The average Bonchev–Trinajstić information content (AvgIpc) is 3.06. The maximum Gasteiger partial charge on any atom is 0.225 e. The summed E-state index contributed by atoms with van der Waals surface area (Å²) in [6.45, 7) is 3.82. The number of nitrogens with one attached hydrogen (secondary N) is 1. The third-order valence-electron chi connectivity index (χ3n) is 4.49. The molecule has 2 aliphatic rings. The predicted octanol–water partition coefficient (Wildman–Crippen LogP) is 2.36. The van der Waals surface area contributed by atoms with Crippen LogP contribution in [0.4, 0.5) is 5.82 Å². The summed E-state index contributed by atoms with van der Waals surface area (Å²) in [5.74, 6) is 1.30. The van der Waals surface area contributed by atoms with Crippen molar-refractivity contribution in [2.45, 2.75) is 38.6 Å². The minimum atomic E-state index is 0.0925. The van der Waals surface area contributed by atoms with Gasteiger partial charge in [-0.15, -0.1) is 11.3 Å². The zero-order valence-electron chi connectivity index (χ0n) is 12.7. The summed E-state index contributed by atoms with van der Waals surface area (Å²) >= 11 is 1.74. The molecule has 0 aromatic carbocycles. The van der Waals surface area contributed by atoms with E-state index in [1.807, 2.05) is 0 Å². The van der Waals surface area contributed by atoms with Crippen molar-refractivity contribution in [3.63, 3.8) is 0 Å². The van der Waals surface area contributed by atoms with Gasteiger partial charge in [-0.3, -0.25) is 4.79 Å². The van der Waals surface area contributed by atoms with Crippen LogP contribution in [0.2, 0.25) is 0 Å². The minimum absolute atomic E-state index is 0.0925. The SMILES string of the molecule is CCc1cc2c(N3CCC(C(=O)NC4CC4)C3)ncnc2s1. The molecule has 1 unspecified atom stereocenters. The van der Waals surface area contributed by atoms with E-state index in [2.05, 4.69) is 33.2 Å². The zero-order chi connectivity index (χ0) is 15.1. The van der Waals surface area contributed by atoms with E-state index in [1.165, 1.54) is 4.88 Å². The molecule has 1 aliphatic carbocycles. The number of carbonyl (C=O) groups is 1. The van der Waals surface area contributed by atoms with E-state index in [1.54, 1.807) is 17.7 Å². The fourth-order valence-electron chi connectivity index (χ4n) is 3.03. The molecule has 1 atom stereocenters. The second-order valence-corrected chi connectivity index (χ2v) is 7.31. The van der Waals surface area contributed by atoms with E-state index in [4.69, 9.17) is 0 Å². The number of hydrogen-bond donors (Lipinski definition) is 1. The van der Waals surface area contributed by atoms with Crippen LogP contribution in [0.5, 0.6) is 0 Å². The van der Waals surface area contributed by atoms with Gasteiger partial charge in [0.25, 0.3) is 0 Å². The third kappa shape index (κ3) is 2.56. The van der Waals surface area contributed by atoms with Gasteiger partial charge in [0.15, 0.2) is 0 Å². The van der Waals surface area contributed by atoms with Crippen LogP contribution in [0, 0.1) is 5.92 Å². The standard InChI is InChI=1S/C16H20N4OS/c1-2-12-7-13-14(17-9-18-16(13)22-12)20-6-5-10(8-20)15(21)19-11-3-4-11/h7,9-11H,2-6,8H2,1H3,(H,19,21). The number of nitrogens with zero attached hydrogens (tertiary/aromatic N) is 3. The molecule has 1 aliphatic heterocycles. The molecule has 1 saturated carbocycles. The van der Waals surface area contributed by atoms with Crippen LogP contribution in [-0.2, 0) is 11.2 Å². The normalized spacial score (nSPS) is 21.5. The van der Waals surface area contributed by atoms with Crippen molar-refractivity contribution < 1.29 is 4.79 Å². The van der Waals surface area contributed by atoms with Crippen molar-refractivity contribution in [2.24, 2.45) is 5.92 Å². The molecule has 1 amide bonds. The molecule has 2 fully saturated rings. The summed E-state index contributed by atoms with van der Waals surface area (Å²) in [6, 6.07) is 2.64. The van der Waals surface area contributed by atoms with Crippen LogP contribution in [-0.4, -0.2) is 35.0 Å². The van der Waals surface area contributed by atoms with E-state index in [9.17, 15) is 4.79 Å². The van der Waals surface area contributed by atoms with Crippen molar-refractivity contribution >= 4 is 33.3 Å². The Balaban J connectivity index is 1.55. The lowest BCUT2D eigenvalue weighted by molar-refractivity contribution is -0.124. The van der Waals surface area contributed by atoms with Crippen molar-refractivity contribution in [2.75, 3.05) is 18.0 Å². The van der Waals surface area contributed by atoms with Gasteiger partial charge in [0.2, 0.25) is 5.91 Å². The van der Waals surface area contributed by atoms with E-state index >= 15 is 0 Å². The molecule has 6 heteroatoms. The van der Waals surface area contributed by atoms with Gasteiger partial charge in [0, 0.05) is 24.0 Å². The fourth-order valence-corrected chi connectivity index (χ4v) is 3.96. The maximum absolute atomic E-state index is 12.2. The topological polar surface area (TPSA) is 58.1 Å².